The zero-order valence-electron chi connectivity index (χ0n) is 17.3. The molecule has 160 valence electrons. The van der Waals surface area contributed by atoms with Crippen molar-refractivity contribution in [2.75, 3.05) is 6.61 Å². The first kappa shape index (κ1) is 23.8. The highest BCUT2D eigenvalue weighted by atomic mass is 16.7. The van der Waals surface area contributed by atoms with Crippen molar-refractivity contribution in [2.24, 2.45) is 0 Å². The highest BCUT2D eigenvalue weighted by Crippen LogP contribution is 2.30. The molecule has 10 heteroatoms. The number of amides is 1. The van der Waals surface area contributed by atoms with E-state index in [0.29, 0.717) is 0 Å². The third kappa shape index (κ3) is 7.81. The summed E-state index contributed by atoms with van der Waals surface area (Å²) in [4.78, 5) is 46.3. The normalized spacial score (nSPS) is 27.5. The third-order valence-corrected chi connectivity index (χ3v) is 3.54. The molecule has 0 saturated carbocycles. The molecule has 0 aromatic carbocycles. The molecule has 0 radical (unpaired) electrons. The summed E-state index contributed by atoms with van der Waals surface area (Å²) in [5.74, 6) is -2.30. The molecular weight excluding hydrogens is 374 g/mol. The van der Waals surface area contributed by atoms with Crippen LogP contribution in [0.1, 0.15) is 48.5 Å². The van der Waals surface area contributed by atoms with Crippen LogP contribution in [0, 0.1) is 0 Å². The van der Waals surface area contributed by atoms with Crippen LogP contribution in [0.25, 0.3) is 0 Å². The number of hydrogen-bond acceptors (Lipinski definition) is 9. The van der Waals surface area contributed by atoms with Gasteiger partial charge in [-0.15, -0.1) is 0 Å². The summed E-state index contributed by atoms with van der Waals surface area (Å²) in [6.07, 6.45) is -4.28. The second kappa shape index (κ2) is 9.83. The number of carbonyl (C=O) groups excluding carboxylic acids is 4. The van der Waals surface area contributed by atoms with Gasteiger partial charge >= 0.3 is 17.9 Å². The van der Waals surface area contributed by atoms with E-state index in [2.05, 4.69) is 5.32 Å². The first-order chi connectivity index (χ1) is 12.8. The van der Waals surface area contributed by atoms with Gasteiger partial charge in [0.25, 0.3) is 0 Å². The lowest BCUT2D eigenvalue weighted by atomic mass is 9.95. The molecule has 1 fully saturated rings. The van der Waals surface area contributed by atoms with Crippen LogP contribution in [0.4, 0.5) is 0 Å². The minimum atomic E-state index is -1.13. The Hall–Kier alpha value is -2.20. The number of carbonyl (C=O) groups is 4. The maximum atomic E-state index is 11.7. The lowest BCUT2D eigenvalue weighted by Gasteiger charge is -2.46. The third-order valence-electron chi connectivity index (χ3n) is 3.54. The summed E-state index contributed by atoms with van der Waals surface area (Å²) in [6.45, 7) is 9.94. The second-order valence-electron chi connectivity index (χ2n) is 7.45. The van der Waals surface area contributed by atoms with E-state index in [1.165, 1.54) is 27.7 Å². The van der Waals surface area contributed by atoms with Crippen LogP contribution in [-0.2, 0) is 42.9 Å². The van der Waals surface area contributed by atoms with Gasteiger partial charge in [0, 0.05) is 27.7 Å². The van der Waals surface area contributed by atoms with Gasteiger partial charge in [-0.1, -0.05) is 0 Å². The average molecular weight is 403 g/mol. The van der Waals surface area contributed by atoms with Crippen LogP contribution >= 0.6 is 0 Å². The SMILES string of the molecule is CC(=O)N[C@@H]1[C@H](OC(C)(C)C)O[C@H](COC(C)=O)[C@H](OC(C)=O)[C@H]1OC(C)=O. The maximum Gasteiger partial charge on any atom is 0.303 e. The predicted molar refractivity (Wildman–Crippen MR) is 94.8 cm³/mol. The van der Waals surface area contributed by atoms with Gasteiger partial charge < -0.3 is 29.0 Å². The van der Waals surface area contributed by atoms with Crippen LogP contribution in [0.15, 0.2) is 0 Å². The fraction of sp³-hybridized carbons (Fsp3) is 0.778. The fourth-order valence-electron chi connectivity index (χ4n) is 2.74. The molecule has 1 amide bonds. The van der Waals surface area contributed by atoms with E-state index in [1.807, 2.05) is 0 Å². The lowest BCUT2D eigenvalue weighted by Crippen LogP contribution is -2.67. The van der Waals surface area contributed by atoms with Gasteiger partial charge in [-0.2, -0.15) is 0 Å². The number of esters is 3. The molecule has 0 aromatic heterocycles. The molecule has 0 unspecified atom stereocenters. The molecular formula is C18H29NO9. The molecule has 0 spiro atoms. The Balaban J connectivity index is 3.33. The molecule has 5 atom stereocenters. The quantitative estimate of drug-likeness (QED) is 0.497. The average Bonchev–Trinajstić information content (AvgIpc) is 2.48. The summed E-state index contributed by atoms with van der Waals surface area (Å²) in [5, 5.41) is 2.63. The monoisotopic (exact) mass is 403 g/mol. The molecule has 1 N–H and O–H groups in total. The van der Waals surface area contributed by atoms with Gasteiger partial charge in [-0.05, 0) is 20.8 Å². The van der Waals surface area contributed by atoms with E-state index < -0.39 is 60.1 Å². The molecule has 1 saturated heterocycles. The summed E-state index contributed by atoms with van der Waals surface area (Å²) in [6, 6.07) is -0.960. The lowest BCUT2D eigenvalue weighted by molar-refractivity contribution is -0.297. The Bertz CT molecular complexity index is 598. The molecule has 0 aromatic rings. The van der Waals surface area contributed by atoms with Crippen molar-refractivity contribution in [1.29, 1.82) is 0 Å². The highest BCUT2D eigenvalue weighted by molar-refractivity contribution is 5.73. The Morgan fingerprint density at radius 1 is 0.893 bits per heavy atom. The van der Waals surface area contributed by atoms with Crippen LogP contribution in [0.2, 0.25) is 0 Å². The summed E-state index contributed by atoms with van der Waals surface area (Å²) in [7, 11) is 0. The molecule has 1 rings (SSSR count). The highest BCUT2D eigenvalue weighted by Gasteiger charge is 2.52. The first-order valence-electron chi connectivity index (χ1n) is 8.88. The van der Waals surface area contributed by atoms with E-state index >= 15 is 0 Å². The van der Waals surface area contributed by atoms with Gasteiger partial charge in [0.1, 0.15) is 18.8 Å². The summed E-state index contributed by atoms with van der Waals surface area (Å²) < 4.78 is 27.4. The summed E-state index contributed by atoms with van der Waals surface area (Å²) >= 11 is 0. The fourth-order valence-corrected chi connectivity index (χ4v) is 2.74. The van der Waals surface area contributed by atoms with E-state index in [9.17, 15) is 19.2 Å². The van der Waals surface area contributed by atoms with Crippen molar-refractivity contribution in [3.8, 4) is 0 Å². The Morgan fingerprint density at radius 2 is 1.43 bits per heavy atom. The van der Waals surface area contributed by atoms with Crippen molar-refractivity contribution in [3.05, 3.63) is 0 Å². The van der Waals surface area contributed by atoms with Crippen LogP contribution in [0.5, 0.6) is 0 Å². The first-order valence-corrected chi connectivity index (χ1v) is 8.88. The van der Waals surface area contributed by atoms with Gasteiger partial charge in [-0.3, -0.25) is 19.2 Å². The van der Waals surface area contributed by atoms with E-state index in [4.69, 9.17) is 23.7 Å². The number of ether oxygens (including phenoxy) is 5. The predicted octanol–water partition coefficient (Wildman–Crippen LogP) is 0.458. The number of nitrogens with one attached hydrogen (secondary N) is 1. The van der Waals surface area contributed by atoms with Gasteiger partial charge in [0.2, 0.25) is 5.91 Å². The van der Waals surface area contributed by atoms with Crippen molar-refractivity contribution < 1.29 is 42.9 Å². The molecule has 28 heavy (non-hydrogen) atoms. The zero-order chi connectivity index (χ0) is 21.6. The van der Waals surface area contributed by atoms with Crippen molar-refractivity contribution in [3.63, 3.8) is 0 Å². The minimum Gasteiger partial charge on any atom is -0.463 e. The molecule has 1 heterocycles. The van der Waals surface area contributed by atoms with E-state index in [-0.39, 0.29) is 6.61 Å². The number of hydrogen-bond donors (Lipinski definition) is 1. The van der Waals surface area contributed by atoms with Crippen LogP contribution in [-0.4, -0.2) is 66.7 Å². The van der Waals surface area contributed by atoms with Crippen molar-refractivity contribution in [2.45, 2.75) is 84.7 Å². The molecule has 10 nitrogen and oxygen atoms in total. The maximum absolute atomic E-state index is 11.7. The van der Waals surface area contributed by atoms with Crippen LogP contribution < -0.4 is 5.32 Å². The zero-order valence-corrected chi connectivity index (χ0v) is 17.3. The van der Waals surface area contributed by atoms with Gasteiger partial charge in [-0.25, -0.2) is 0 Å². The topological polar surface area (TPSA) is 126 Å². The van der Waals surface area contributed by atoms with E-state index in [1.54, 1.807) is 20.8 Å². The standard InChI is InChI=1S/C18H29NO9/c1-9(20)19-14-16(26-12(4)23)15(25-11(3)22)13(8-24-10(2)21)27-17(14)28-18(5,6)7/h13-17H,8H2,1-7H3,(H,19,20)/t13-,14+,15+,16+,17+/m1/s1. The molecule has 0 aliphatic carbocycles. The molecule has 1 aliphatic heterocycles. The Labute approximate surface area is 164 Å². The van der Waals surface area contributed by atoms with E-state index in [0.717, 1.165) is 0 Å². The molecule has 0 bridgehead atoms. The largest absolute Gasteiger partial charge is 0.463 e. The molecule has 1 aliphatic rings. The smallest absolute Gasteiger partial charge is 0.303 e. The summed E-state index contributed by atoms with van der Waals surface area (Å²) in [5.41, 5.74) is -0.678. The van der Waals surface area contributed by atoms with Gasteiger partial charge in [0.15, 0.2) is 18.5 Å². The van der Waals surface area contributed by atoms with Crippen LogP contribution in [0.3, 0.4) is 0 Å². The number of rotatable bonds is 6. The minimum absolute atomic E-state index is 0.262. The van der Waals surface area contributed by atoms with Gasteiger partial charge in [0.05, 0.1) is 5.60 Å². The Kier molecular flexibility index (Phi) is 8.37. The van der Waals surface area contributed by atoms with Crippen molar-refractivity contribution >= 4 is 23.8 Å². The second-order valence-corrected chi connectivity index (χ2v) is 7.45. The Morgan fingerprint density at radius 3 is 1.86 bits per heavy atom. The van der Waals surface area contributed by atoms with Crippen molar-refractivity contribution in [1.82, 2.24) is 5.32 Å².